The number of carbonyl (C=O) groups is 1. The van der Waals surface area contributed by atoms with E-state index in [4.69, 9.17) is 0 Å². The first-order chi connectivity index (χ1) is 13.0. The average Bonchev–Trinajstić information content (AvgIpc) is 2.62. The van der Waals surface area contributed by atoms with Gasteiger partial charge in [-0.3, -0.25) is 0 Å². The van der Waals surface area contributed by atoms with Gasteiger partial charge in [0.15, 0.2) is 0 Å². The predicted molar refractivity (Wildman–Crippen MR) is 108 cm³/mol. The van der Waals surface area contributed by atoms with Gasteiger partial charge in [0, 0.05) is 7.60 Å². The number of ether oxygens (including phenoxy) is 1. The Morgan fingerprint density at radius 2 is 0.897 bits per heavy atom. The topological polar surface area (TPSA) is 89.5 Å². The van der Waals surface area contributed by atoms with Crippen LogP contribution in [0.1, 0.15) is 122 Å². The van der Waals surface area contributed by atoms with Crippen LogP contribution in [0.3, 0.4) is 0 Å². The van der Waals surface area contributed by atoms with Crippen LogP contribution in [0.4, 0.5) is 4.79 Å². The van der Waals surface area contributed by atoms with Gasteiger partial charge in [0.25, 0.3) is 0 Å². The number of carbonyl (C=O) groups excluding carboxylic acids is 1. The van der Waals surface area contributed by atoms with E-state index in [1.807, 2.05) is 0 Å². The summed E-state index contributed by atoms with van der Waals surface area (Å²) in [6.45, 7) is 2.28. The summed E-state index contributed by atoms with van der Waals surface area (Å²) in [7, 11) is -5.21. The van der Waals surface area contributed by atoms with Crippen molar-refractivity contribution in [2.24, 2.45) is 0 Å². The van der Waals surface area contributed by atoms with Crippen molar-refractivity contribution in [3.05, 3.63) is 0 Å². The summed E-state index contributed by atoms with van der Waals surface area (Å²) < 4.78 is 14.8. The van der Waals surface area contributed by atoms with Crippen LogP contribution in [0.25, 0.3) is 0 Å². The van der Waals surface area contributed by atoms with Crippen molar-refractivity contribution in [1.29, 1.82) is 0 Å². The van der Waals surface area contributed by atoms with E-state index in [2.05, 4.69) is 11.7 Å². The van der Waals surface area contributed by atoms with Crippen LogP contribution in [0.15, 0.2) is 0 Å². The third-order valence-corrected chi connectivity index (χ3v) is 5.52. The molecule has 0 unspecified atom stereocenters. The molecule has 0 radical (unpaired) electrons. The van der Waals surface area contributed by atoms with Gasteiger partial charge in [-0.15, -0.1) is 0 Å². The molecule has 0 aliphatic rings. The van der Waals surface area contributed by atoms with Crippen LogP contribution in [0.2, 0.25) is 0 Å². The van der Waals surface area contributed by atoms with Gasteiger partial charge in [-0.2, -0.15) is 0 Å². The Labute approximate surface area is 223 Å². The first-order valence-electron chi connectivity index (χ1n) is 11.2. The third-order valence-electron chi connectivity index (χ3n) is 4.95. The third kappa shape index (κ3) is 27.6. The van der Waals surface area contributed by atoms with Gasteiger partial charge in [0.1, 0.15) is 0 Å². The molecule has 0 heterocycles. The SMILES string of the molecule is CCCCCCCCCCCCCCCCCCCCOC(=O)P(=O)([O-])[O-].[Na+].[Na+]. The molecule has 0 aliphatic heterocycles. The van der Waals surface area contributed by atoms with Gasteiger partial charge in [-0.1, -0.05) is 116 Å². The molecule has 8 heteroatoms. The largest absolute Gasteiger partial charge is 1.00 e. The van der Waals surface area contributed by atoms with E-state index in [1.54, 1.807) is 0 Å². The van der Waals surface area contributed by atoms with Gasteiger partial charge in [-0.05, 0) is 6.42 Å². The van der Waals surface area contributed by atoms with Gasteiger partial charge in [0.05, 0.1) is 6.61 Å². The predicted octanol–water partition coefficient (Wildman–Crippen LogP) is 0.0864. The normalized spacial score (nSPS) is 10.9. The molecule has 0 amide bonds. The fourth-order valence-corrected chi connectivity index (χ4v) is 3.49. The summed E-state index contributed by atoms with van der Waals surface area (Å²) in [6, 6.07) is 0. The van der Waals surface area contributed by atoms with Crippen LogP contribution in [0.5, 0.6) is 0 Å². The minimum absolute atomic E-state index is 0. The van der Waals surface area contributed by atoms with Crippen molar-refractivity contribution in [1.82, 2.24) is 0 Å². The Balaban J connectivity index is -0.00000338. The molecular formula is C21H41Na2O5P. The molecule has 0 aromatic rings. The molecule has 0 fully saturated rings. The number of unbranched alkanes of at least 4 members (excludes halogenated alkanes) is 17. The summed E-state index contributed by atoms with van der Waals surface area (Å²) in [6.07, 6.45) is 22.8. The van der Waals surface area contributed by atoms with Crippen LogP contribution in [-0.4, -0.2) is 12.3 Å². The first-order valence-corrected chi connectivity index (χ1v) is 12.7. The molecule has 0 aromatic carbocycles. The Morgan fingerprint density at radius 3 is 1.17 bits per heavy atom. The van der Waals surface area contributed by atoms with E-state index in [9.17, 15) is 19.1 Å². The Bertz CT molecular complexity index is 391. The van der Waals surface area contributed by atoms with Crippen LogP contribution >= 0.6 is 7.60 Å². The minimum Gasteiger partial charge on any atom is -0.803 e. The zero-order valence-corrected chi connectivity index (χ0v) is 24.3. The van der Waals surface area contributed by atoms with Crippen LogP contribution in [0, 0.1) is 0 Å². The molecule has 162 valence electrons. The Hall–Kier alpha value is 1.62. The quantitative estimate of drug-likeness (QED) is 0.149. The fourth-order valence-electron chi connectivity index (χ4n) is 3.24. The molecule has 0 bridgehead atoms. The van der Waals surface area contributed by atoms with E-state index in [0.29, 0.717) is 6.42 Å². The van der Waals surface area contributed by atoms with Gasteiger partial charge < -0.3 is 19.1 Å². The monoisotopic (exact) mass is 450 g/mol. The maximum absolute atomic E-state index is 10.7. The van der Waals surface area contributed by atoms with Crippen LogP contribution < -0.4 is 68.9 Å². The zero-order chi connectivity index (χ0) is 20.2. The molecule has 0 spiro atoms. The smallest absolute Gasteiger partial charge is 0.803 e. The molecule has 0 N–H and O–H groups in total. The van der Waals surface area contributed by atoms with Crippen molar-refractivity contribution in [2.45, 2.75) is 122 Å². The van der Waals surface area contributed by atoms with Crippen molar-refractivity contribution >= 4 is 13.3 Å². The van der Waals surface area contributed by atoms with Gasteiger partial charge in [0.2, 0.25) is 0 Å². The molecule has 0 saturated heterocycles. The van der Waals surface area contributed by atoms with Crippen molar-refractivity contribution in [3.8, 4) is 0 Å². The van der Waals surface area contributed by atoms with Crippen LogP contribution in [-0.2, 0) is 9.30 Å². The maximum Gasteiger partial charge on any atom is 1.00 e. The molecule has 0 rings (SSSR count). The Kier molecular flexibility index (Phi) is 31.4. The summed E-state index contributed by atoms with van der Waals surface area (Å²) in [4.78, 5) is 31.4. The first kappa shape index (κ1) is 35.2. The second-order valence-electron chi connectivity index (χ2n) is 7.62. The van der Waals surface area contributed by atoms with Crippen molar-refractivity contribution in [2.75, 3.05) is 6.61 Å². The van der Waals surface area contributed by atoms with E-state index in [0.717, 1.165) is 19.3 Å². The van der Waals surface area contributed by atoms with E-state index >= 15 is 0 Å². The molecule has 29 heavy (non-hydrogen) atoms. The molecule has 0 saturated carbocycles. The molecule has 0 atom stereocenters. The number of hydrogen-bond acceptors (Lipinski definition) is 5. The minimum atomic E-state index is -5.21. The summed E-state index contributed by atoms with van der Waals surface area (Å²) in [5, 5.41) is 0. The van der Waals surface area contributed by atoms with Crippen molar-refractivity contribution in [3.63, 3.8) is 0 Å². The number of hydrogen-bond donors (Lipinski definition) is 0. The van der Waals surface area contributed by atoms with Gasteiger partial charge >= 0.3 is 64.8 Å². The number of rotatable bonds is 20. The molecule has 0 aromatic heterocycles. The standard InChI is InChI=1S/C21H43O5P.2Na/c1-2-3-4-5-6-7-8-9-10-11-12-13-14-15-16-17-18-19-20-26-21(22)27(23,24)25;;/h2-20H2,1H3,(H2,23,24,25);;/q;2*+1/p-2. The maximum atomic E-state index is 10.7. The molecule has 5 nitrogen and oxygen atoms in total. The average molecular weight is 451 g/mol. The summed E-state index contributed by atoms with van der Waals surface area (Å²) in [5.74, 6) is 0. The van der Waals surface area contributed by atoms with E-state index in [-0.39, 0.29) is 65.7 Å². The second kappa shape index (κ2) is 25.9. The summed E-state index contributed by atoms with van der Waals surface area (Å²) in [5.41, 5.74) is -1.63. The van der Waals surface area contributed by atoms with E-state index in [1.165, 1.54) is 89.9 Å². The Morgan fingerprint density at radius 1 is 0.621 bits per heavy atom. The molecule has 0 aliphatic carbocycles. The van der Waals surface area contributed by atoms with Gasteiger partial charge in [-0.25, -0.2) is 4.79 Å². The fraction of sp³-hybridized carbons (Fsp3) is 0.952. The summed E-state index contributed by atoms with van der Waals surface area (Å²) >= 11 is 0. The van der Waals surface area contributed by atoms with Crippen molar-refractivity contribution < 1.29 is 83.0 Å². The second-order valence-corrected chi connectivity index (χ2v) is 8.98. The zero-order valence-electron chi connectivity index (χ0n) is 19.4. The van der Waals surface area contributed by atoms with E-state index < -0.39 is 13.3 Å². The molecular weight excluding hydrogens is 409 g/mol.